The molecule has 1 aromatic heterocycles. The fourth-order valence-electron chi connectivity index (χ4n) is 7.66. The number of benzene rings is 1. The number of imide groups is 2. The fraction of sp³-hybridized carbons (Fsp3) is 0.464. The van der Waals surface area contributed by atoms with Crippen LogP contribution in [0.25, 0.3) is 11.8 Å². The highest BCUT2D eigenvalue weighted by molar-refractivity contribution is 6.30. The van der Waals surface area contributed by atoms with Gasteiger partial charge in [-0.3, -0.25) is 19.8 Å². The predicted octanol–water partition coefficient (Wildman–Crippen LogP) is 4.65. The van der Waals surface area contributed by atoms with Crippen molar-refractivity contribution in [2.75, 3.05) is 7.05 Å². The molecule has 4 saturated carbocycles. The Balaban J connectivity index is 1.31. The lowest BCUT2D eigenvalue weighted by atomic mass is 9.48. The number of amides is 4. The van der Waals surface area contributed by atoms with E-state index in [2.05, 4.69) is 34.1 Å². The number of likely N-dealkylation sites (N-methyl/N-ethyl adjacent to an activating group) is 1. The van der Waals surface area contributed by atoms with Crippen LogP contribution in [0.15, 0.2) is 35.9 Å². The molecule has 5 fully saturated rings. The highest BCUT2D eigenvalue weighted by Crippen LogP contribution is 2.60. The summed E-state index contributed by atoms with van der Waals surface area (Å²) in [5.41, 5.74) is 5.70. The summed E-state index contributed by atoms with van der Waals surface area (Å²) in [6, 6.07) is 10.4. The number of nitrogens with one attached hydrogen (secondary N) is 1. The molecule has 34 heavy (non-hydrogen) atoms. The van der Waals surface area contributed by atoms with Crippen molar-refractivity contribution < 1.29 is 14.4 Å². The standard InChI is InChI=1S/C28H31N3O3/c1-16-8-21(12-24-25(32)29-27(34)30(3)26(24)33)17(2)31(16)23-6-4-22(5-7-23)28-13-18-9-19(14-28)11-20(10-18)15-28/h4-8,12,18-20H,9-11,13-15H2,1-3H3,(H,29,32,34)/b24-12-. The highest BCUT2D eigenvalue weighted by Gasteiger charge is 2.51. The maximum Gasteiger partial charge on any atom is 0.331 e. The van der Waals surface area contributed by atoms with Crippen molar-refractivity contribution in [3.05, 3.63) is 58.4 Å². The van der Waals surface area contributed by atoms with Crippen molar-refractivity contribution in [2.24, 2.45) is 17.8 Å². The Morgan fingerprint density at radius 3 is 2.12 bits per heavy atom. The Bertz CT molecular complexity index is 1220. The molecule has 0 spiro atoms. The molecule has 2 heterocycles. The van der Waals surface area contributed by atoms with Crippen LogP contribution >= 0.6 is 0 Å². The third-order valence-corrected chi connectivity index (χ3v) is 8.85. The molecule has 5 aliphatic rings. The smallest absolute Gasteiger partial charge is 0.318 e. The van der Waals surface area contributed by atoms with Crippen LogP contribution in [0.4, 0.5) is 4.79 Å². The molecule has 1 aromatic carbocycles. The van der Waals surface area contributed by atoms with Gasteiger partial charge >= 0.3 is 6.03 Å². The summed E-state index contributed by atoms with van der Waals surface area (Å²) in [6.07, 6.45) is 9.98. The summed E-state index contributed by atoms with van der Waals surface area (Å²) in [4.78, 5) is 37.4. The largest absolute Gasteiger partial charge is 0.331 e. The first-order chi connectivity index (χ1) is 16.2. The summed E-state index contributed by atoms with van der Waals surface area (Å²) >= 11 is 0. The number of aryl methyl sites for hydroxylation is 1. The van der Waals surface area contributed by atoms with Crippen LogP contribution in [0.1, 0.15) is 61.0 Å². The van der Waals surface area contributed by atoms with Gasteiger partial charge in [-0.05, 0) is 111 Å². The number of hydrogen-bond donors (Lipinski definition) is 1. The van der Waals surface area contributed by atoms with Gasteiger partial charge < -0.3 is 4.57 Å². The Labute approximate surface area is 200 Å². The van der Waals surface area contributed by atoms with Crippen LogP contribution in [0.2, 0.25) is 0 Å². The number of carbonyl (C=O) groups excluding carboxylic acids is 3. The van der Waals surface area contributed by atoms with Crippen LogP contribution in [-0.4, -0.2) is 34.4 Å². The van der Waals surface area contributed by atoms with Gasteiger partial charge in [0.05, 0.1) is 0 Å². The minimum Gasteiger partial charge on any atom is -0.318 e. The minimum atomic E-state index is -0.697. The van der Waals surface area contributed by atoms with E-state index in [0.29, 0.717) is 5.41 Å². The Kier molecular flexibility index (Phi) is 4.67. The molecule has 1 saturated heterocycles. The number of aromatic nitrogens is 1. The summed E-state index contributed by atoms with van der Waals surface area (Å²) in [5.74, 6) is 1.52. The second-order valence-corrected chi connectivity index (χ2v) is 11.1. The molecule has 0 unspecified atom stereocenters. The van der Waals surface area contributed by atoms with Gasteiger partial charge in [-0.25, -0.2) is 4.79 Å². The summed E-state index contributed by atoms with van der Waals surface area (Å²) in [5, 5.41) is 2.21. The zero-order chi connectivity index (χ0) is 23.8. The lowest BCUT2D eigenvalue weighted by Gasteiger charge is -2.57. The first kappa shape index (κ1) is 21.4. The van der Waals surface area contributed by atoms with Gasteiger partial charge in [0.1, 0.15) is 5.57 Å². The Morgan fingerprint density at radius 2 is 1.53 bits per heavy atom. The van der Waals surface area contributed by atoms with Gasteiger partial charge in [0.2, 0.25) is 0 Å². The third kappa shape index (κ3) is 3.18. The minimum absolute atomic E-state index is 0.0282. The van der Waals surface area contributed by atoms with Crippen LogP contribution in [-0.2, 0) is 15.0 Å². The van der Waals surface area contributed by atoms with Crippen LogP contribution < -0.4 is 5.32 Å². The number of barbiturate groups is 1. The van der Waals surface area contributed by atoms with Gasteiger partial charge in [-0.15, -0.1) is 0 Å². The molecule has 6 heteroatoms. The zero-order valence-electron chi connectivity index (χ0n) is 20.1. The number of carbonyl (C=O) groups is 3. The molecular weight excluding hydrogens is 426 g/mol. The monoisotopic (exact) mass is 457 g/mol. The number of urea groups is 1. The second-order valence-electron chi connectivity index (χ2n) is 11.1. The zero-order valence-corrected chi connectivity index (χ0v) is 20.1. The normalized spacial score (nSPS) is 31.5. The molecular formula is C28H31N3O3. The van der Waals surface area contributed by atoms with Gasteiger partial charge in [-0.1, -0.05) is 12.1 Å². The molecule has 0 radical (unpaired) electrons. The molecule has 6 nitrogen and oxygen atoms in total. The van der Waals surface area contributed by atoms with Crippen LogP contribution in [0, 0.1) is 31.6 Å². The van der Waals surface area contributed by atoms with Gasteiger partial charge in [0.15, 0.2) is 0 Å². The average molecular weight is 458 g/mol. The van der Waals surface area contributed by atoms with E-state index >= 15 is 0 Å². The molecule has 4 aliphatic carbocycles. The van der Waals surface area contributed by atoms with E-state index in [-0.39, 0.29) is 5.57 Å². The molecule has 0 atom stereocenters. The van der Waals surface area contributed by atoms with Gasteiger partial charge in [0, 0.05) is 24.1 Å². The van der Waals surface area contributed by atoms with E-state index in [1.807, 2.05) is 19.9 Å². The third-order valence-electron chi connectivity index (χ3n) is 8.85. The highest BCUT2D eigenvalue weighted by atomic mass is 16.2. The van der Waals surface area contributed by atoms with Crippen molar-refractivity contribution in [2.45, 2.75) is 57.8 Å². The van der Waals surface area contributed by atoms with E-state index in [1.165, 1.54) is 51.1 Å². The van der Waals surface area contributed by atoms with Crippen molar-refractivity contribution >= 4 is 23.9 Å². The van der Waals surface area contributed by atoms with E-state index in [0.717, 1.165) is 45.3 Å². The Hall–Kier alpha value is -3.15. The number of rotatable bonds is 3. The predicted molar refractivity (Wildman–Crippen MR) is 129 cm³/mol. The lowest BCUT2D eigenvalue weighted by molar-refractivity contribution is -0.129. The fourth-order valence-corrected chi connectivity index (χ4v) is 7.66. The molecule has 4 bridgehead atoms. The first-order valence-electron chi connectivity index (χ1n) is 12.4. The molecule has 176 valence electrons. The molecule has 4 amide bonds. The summed E-state index contributed by atoms with van der Waals surface area (Å²) in [7, 11) is 1.37. The number of nitrogens with zero attached hydrogens (tertiary/aromatic N) is 2. The quantitative estimate of drug-likeness (QED) is 0.539. The second kappa shape index (κ2) is 7.42. The molecule has 1 N–H and O–H groups in total. The van der Waals surface area contributed by atoms with Crippen molar-refractivity contribution in [1.29, 1.82) is 0 Å². The molecule has 7 rings (SSSR count). The maximum atomic E-state index is 12.5. The van der Waals surface area contributed by atoms with E-state index in [9.17, 15) is 14.4 Å². The summed E-state index contributed by atoms with van der Waals surface area (Å²) < 4.78 is 2.16. The topological polar surface area (TPSA) is 71.4 Å². The molecule has 2 aromatic rings. The van der Waals surface area contributed by atoms with Gasteiger partial charge in [-0.2, -0.15) is 0 Å². The Morgan fingerprint density at radius 1 is 0.941 bits per heavy atom. The number of hydrogen-bond acceptors (Lipinski definition) is 3. The average Bonchev–Trinajstić information content (AvgIpc) is 3.07. The van der Waals surface area contributed by atoms with E-state index in [4.69, 9.17) is 0 Å². The lowest BCUT2D eigenvalue weighted by Crippen LogP contribution is -2.52. The van der Waals surface area contributed by atoms with Crippen molar-refractivity contribution in [1.82, 2.24) is 14.8 Å². The van der Waals surface area contributed by atoms with Crippen molar-refractivity contribution in [3.8, 4) is 5.69 Å². The van der Waals surface area contributed by atoms with E-state index < -0.39 is 17.8 Å². The van der Waals surface area contributed by atoms with Crippen molar-refractivity contribution in [3.63, 3.8) is 0 Å². The van der Waals surface area contributed by atoms with Gasteiger partial charge in [0.25, 0.3) is 11.8 Å². The van der Waals surface area contributed by atoms with Crippen LogP contribution in [0.5, 0.6) is 0 Å². The van der Waals surface area contributed by atoms with E-state index in [1.54, 1.807) is 6.08 Å². The summed E-state index contributed by atoms with van der Waals surface area (Å²) in [6.45, 7) is 4.02. The van der Waals surface area contributed by atoms with Crippen LogP contribution in [0.3, 0.4) is 0 Å². The SMILES string of the molecule is Cc1cc(/C=C2/C(=O)NC(=O)N(C)C2=O)c(C)n1-c1ccc(C23CC4CC(CC(C4)C2)C3)cc1. The molecule has 1 aliphatic heterocycles. The first-order valence-corrected chi connectivity index (χ1v) is 12.4. The maximum absolute atomic E-state index is 12.5.